The number of carbonyl (C=O) groups is 1. The summed E-state index contributed by atoms with van der Waals surface area (Å²) < 4.78 is 1.92. The molecule has 3 aromatic carbocycles. The molecule has 0 fully saturated rings. The van der Waals surface area contributed by atoms with Crippen LogP contribution >= 0.6 is 11.8 Å². The van der Waals surface area contributed by atoms with E-state index in [1.54, 1.807) is 6.07 Å². The standard InChI is InChI=1S/C24H21N5O3S/c1-16-7-10-18(11-8-16)23-27-28-24(29(23)19-5-3-2-4-6-19)33-15-22(32)26-25-14-17-9-12-20(30)21(31)13-17/h2-14,30-31H,15H2,1H3,(H,26,32)/b25-14+. The van der Waals surface area contributed by atoms with Gasteiger partial charge >= 0.3 is 0 Å². The summed E-state index contributed by atoms with van der Waals surface area (Å²) in [7, 11) is 0. The highest BCUT2D eigenvalue weighted by Crippen LogP contribution is 2.28. The van der Waals surface area contributed by atoms with E-state index < -0.39 is 0 Å². The normalized spacial score (nSPS) is 11.1. The van der Waals surface area contributed by atoms with Crippen LogP contribution < -0.4 is 5.43 Å². The van der Waals surface area contributed by atoms with Crippen molar-refractivity contribution in [3.63, 3.8) is 0 Å². The molecule has 166 valence electrons. The summed E-state index contributed by atoms with van der Waals surface area (Å²) in [5.74, 6) is -0.0320. The molecule has 0 aliphatic carbocycles. The average Bonchev–Trinajstić information content (AvgIpc) is 3.25. The molecule has 4 aromatic rings. The second-order valence-corrected chi connectivity index (χ2v) is 8.12. The molecule has 0 spiro atoms. The van der Waals surface area contributed by atoms with Crippen molar-refractivity contribution in [2.45, 2.75) is 12.1 Å². The zero-order valence-electron chi connectivity index (χ0n) is 17.7. The number of hydrazone groups is 1. The summed E-state index contributed by atoms with van der Waals surface area (Å²) in [6, 6.07) is 22.0. The molecule has 0 saturated heterocycles. The minimum atomic E-state index is -0.321. The first-order valence-corrected chi connectivity index (χ1v) is 11.0. The second kappa shape index (κ2) is 10.0. The van der Waals surface area contributed by atoms with E-state index in [1.165, 1.54) is 30.1 Å². The Morgan fingerprint density at radius 1 is 1.03 bits per heavy atom. The first-order valence-electron chi connectivity index (χ1n) is 10.1. The summed E-state index contributed by atoms with van der Waals surface area (Å²) in [5, 5.41) is 32.0. The molecule has 0 aliphatic rings. The number of thioether (sulfide) groups is 1. The lowest BCUT2D eigenvalue weighted by Gasteiger charge is -2.10. The van der Waals surface area contributed by atoms with Crippen molar-refractivity contribution in [1.82, 2.24) is 20.2 Å². The van der Waals surface area contributed by atoms with Gasteiger partial charge in [0, 0.05) is 11.3 Å². The van der Waals surface area contributed by atoms with Crippen LogP contribution in [0.25, 0.3) is 17.1 Å². The van der Waals surface area contributed by atoms with Crippen LogP contribution in [0.5, 0.6) is 11.5 Å². The summed E-state index contributed by atoms with van der Waals surface area (Å²) in [4.78, 5) is 12.3. The van der Waals surface area contributed by atoms with Crippen molar-refractivity contribution in [3.8, 4) is 28.6 Å². The number of phenols is 2. The molecule has 33 heavy (non-hydrogen) atoms. The smallest absolute Gasteiger partial charge is 0.250 e. The zero-order valence-corrected chi connectivity index (χ0v) is 18.5. The van der Waals surface area contributed by atoms with Crippen molar-refractivity contribution in [1.29, 1.82) is 0 Å². The molecule has 0 atom stereocenters. The van der Waals surface area contributed by atoms with Crippen LogP contribution in [0.2, 0.25) is 0 Å². The highest BCUT2D eigenvalue weighted by atomic mass is 32.2. The predicted molar refractivity (Wildman–Crippen MR) is 128 cm³/mol. The van der Waals surface area contributed by atoms with Gasteiger partial charge in [-0.05, 0) is 42.8 Å². The molecule has 4 rings (SSSR count). The number of aromatic nitrogens is 3. The van der Waals surface area contributed by atoms with E-state index in [1.807, 2.05) is 66.1 Å². The third-order valence-corrected chi connectivity index (χ3v) is 5.62. The highest BCUT2D eigenvalue weighted by Gasteiger charge is 2.17. The number of benzene rings is 3. The summed E-state index contributed by atoms with van der Waals surface area (Å²) in [6.45, 7) is 2.03. The van der Waals surface area contributed by atoms with Gasteiger partial charge in [0.1, 0.15) is 0 Å². The molecule has 9 heteroatoms. The van der Waals surface area contributed by atoms with Gasteiger partial charge in [-0.2, -0.15) is 5.10 Å². The third kappa shape index (κ3) is 5.39. The number of phenolic OH excluding ortho intramolecular Hbond substituents is 2. The first-order chi connectivity index (χ1) is 16.0. The quantitative estimate of drug-likeness (QED) is 0.167. The maximum atomic E-state index is 12.3. The van der Waals surface area contributed by atoms with Gasteiger partial charge in [-0.1, -0.05) is 59.8 Å². The fourth-order valence-electron chi connectivity index (χ4n) is 3.02. The molecule has 1 aromatic heterocycles. The number of aryl methyl sites for hydroxylation is 1. The van der Waals surface area contributed by atoms with Gasteiger partial charge in [0.05, 0.1) is 12.0 Å². The maximum absolute atomic E-state index is 12.3. The number of nitrogens with zero attached hydrogens (tertiary/aromatic N) is 4. The fraction of sp³-hybridized carbons (Fsp3) is 0.0833. The Morgan fingerprint density at radius 2 is 1.79 bits per heavy atom. The maximum Gasteiger partial charge on any atom is 0.250 e. The van der Waals surface area contributed by atoms with E-state index >= 15 is 0 Å². The molecule has 1 amide bonds. The Morgan fingerprint density at radius 3 is 2.52 bits per heavy atom. The van der Waals surface area contributed by atoms with E-state index in [0.29, 0.717) is 16.5 Å². The minimum Gasteiger partial charge on any atom is -0.504 e. The van der Waals surface area contributed by atoms with Gasteiger partial charge in [0.25, 0.3) is 5.91 Å². The summed E-state index contributed by atoms with van der Waals surface area (Å²) >= 11 is 1.25. The number of nitrogens with one attached hydrogen (secondary N) is 1. The lowest BCUT2D eigenvalue weighted by atomic mass is 10.1. The number of hydrogen-bond acceptors (Lipinski definition) is 7. The van der Waals surface area contributed by atoms with Gasteiger partial charge in [-0.3, -0.25) is 9.36 Å². The lowest BCUT2D eigenvalue weighted by Crippen LogP contribution is -2.20. The lowest BCUT2D eigenvalue weighted by molar-refractivity contribution is -0.118. The van der Waals surface area contributed by atoms with E-state index in [9.17, 15) is 15.0 Å². The molecule has 0 bridgehead atoms. The van der Waals surface area contributed by atoms with Gasteiger partial charge in [-0.25, -0.2) is 5.43 Å². The van der Waals surface area contributed by atoms with Gasteiger partial charge in [-0.15, -0.1) is 10.2 Å². The topological polar surface area (TPSA) is 113 Å². The molecular formula is C24H21N5O3S. The Kier molecular flexibility index (Phi) is 6.70. The number of carbonyl (C=O) groups excluding carboxylic acids is 1. The van der Waals surface area contributed by atoms with E-state index in [0.717, 1.165) is 16.8 Å². The molecule has 1 heterocycles. The predicted octanol–water partition coefficient (Wildman–Crippen LogP) is 3.90. The van der Waals surface area contributed by atoms with Crippen LogP contribution in [0.4, 0.5) is 0 Å². The third-order valence-electron chi connectivity index (χ3n) is 4.69. The minimum absolute atomic E-state index is 0.0804. The molecular weight excluding hydrogens is 438 g/mol. The monoisotopic (exact) mass is 459 g/mol. The molecule has 3 N–H and O–H groups in total. The van der Waals surface area contributed by atoms with Crippen LogP contribution in [-0.4, -0.2) is 42.9 Å². The van der Waals surface area contributed by atoms with Crippen LogP contribution in [-0.2, 0) is 4.79 Å². The molecule has 0 unspecified atom stereocenters. The molecule has 0 saturated carbocycles. The van der Waals surface area contributed by atoms with Crippen LogP contribution in [0.15, 0.2) is 83.1 Å². The summed E-state index contributed by atoms with van der Waals surface area (Å²) in [6.07, 6.45) is 1.38. The number of para-hydroxylation sites is 1. The molecule has 8 nitrogen and oxygen atoms in total. The van der Waals surface area contributed by atoms with Crippen molar-refractivity contribution in [3.05, 3.63) is 83.9 Å². The number of hydrogen-bond donors (Lipinski definition) is 3. The molecule has 0 aliphatic heterocycles. The number of aromatic hydroxyl groups is 2. The number of amides is 1. The van der Waals surface area contributed by atoms with Gasteiger partial charge in [0.2, 0.25) is 0 Å². The van der Waals surface area contributed by atoms with E-state index in [2.05, 4.69) is 20.7 Å². The Bertz CT molecular complexity index is 1290. The average molecular weight is 460 g/mol. The molecule has 0 radical (unpaired) electrons. The second-order valence-electron chi connectivity index (χ2n) is 7.17. The van der Waals surface area contributed by atoms with Crippen molar-refractivity contribution >= 4 is 23.9 Å². The van der Waals surface area contributed by atoms with Crippen LogP contribution in [0.1, 0.15) is 11.1 Å². The van der Waals surface area contributed by atoms with E-state index in [-0.39, 0.29) is 23.2 Å². The Balaban J connectivity index is 1.48. The fourth-order valence-corrected chi connectivity index (χ4v) is 3.77. The highest BCUT2D eigenvalue weighted by molar-refractivity contribution is 7.99. The van der Waals surface area contributed by atoms with Gasteiger partial charge in [0.15, 0.2) is 22.5 Å². The zero-order chi connectivity index (χ0) is 23.2. The van der Waals surface area contributed by atoms with Crippen LogP contribution in [0.3, 0.4) is 0 Å². The largest absolute Gasteiger partial charge is 0.504 e. The Hall–Kier alpha value is -4.11. The Labute approximate surface area is 194 Å². The van der Waals surface area contributed by atoms with Crippen LogP contribution in [0, 0.1) is 6.92 Å². The summed E-state index contributed by atoms with van der Waals surface area (Å²) in [5.41, 5.74) is 5.95. The van der Waals surface area contributed by atoms with Crippen molar-refractivity contribution in [2.75, 3.05) is 5.75 Å². The van der Waals surface area contributed by atoms with Gasteiger partial charge < -0.3 is 10.2 Å². The van der Waals surface area contributed by atoms with Crippen molar-refractivity contribution < 1.29 is 15.0 Å². The number of rotatable bonds is 7. The first kappa shape index (κ1) is 22.1. The SMILES string of the molecule is Cc1ccc(-c2nnc(SCC(=O)N/N=C/c3ccc(O)c(O)c3)n2-c2ccccc2)cc1. The van der Waals surface area contributed by atoms with E-state index in [4.69, 9.17) is 0 Å². The van der Waals surface area contributed by atoms with Crippen molar-refractivity contribution in [2.24, 2.45) is 5.10 Å².